The van der Waals surface area contributed by atoms with E-state index in [1.54, 1.807) is 0 Å². The van der Waals surface area contributed by atoms with Gasteiger partial charge in [0.05, 0.1) is 6.61 Å². The van der Waals surface area contributed by atoms with E-state index in [2.05, 4.69) is 20.6 Å². The van der Waals surface area contributed by atoms with Crippen LogP contribution in [0, 0.1) is 6.92 Å². The van der Waals surface area contributed by atoms with Gasteiger partial charge in [0.15, 0.2) is 0 Å². The highest BCUT2D eigenvalue weighted by Gasteiger charge is 2.19. The van der Waals surface area contributed by atoms with Gasteiger partial charge in [-0.25, -0.2) is 4.98 Å². The Morgan fingerprint density at radius 2 is 2.18 bits per heavy atom. The average molecular weight is 236 g/mol. The Morgan fingerprint density at radius 3 is 2.88 bits per heavy atom. The van der Waals surface area contributed by atoms with E-state index in [1.165, 1.54) is 12.8 Å². The molecule has 2 rings (SSSR count). The van der Waals surface area contributed by atoms with Crippen molar-refractivity contribution in [3.8, 4) is 5.88 Å². The van der Waals surface area contributed by atoms with Crippen molar-refractivity contribution in [2.75, 3.05) is 25.0 Å². The highest BCUT2D eigenvalue weighted by Crippen LogP contribution is 2.18. The first-order chi connectivity index (χ1) is 8.28. The topological polar surface area (TPSA) is 59.1 Å². The third-order valence-electron chi connectivity index (χ3n) is 2.55. The summed E-state index contributed by atoms with van der Waals surface area (Å²) in [6, 6.07) is 2.59. The Morgan fingerprint density at radius 1 is 1.35 bits per heavy atom. The number of nitrogens with zero attached hydrogens (tertiary/aromatic N) is 2. The molecule has 0 bridgehead atoms. The Labute approximate surface area is 102 Å². The monoisotopic (exact) mass is 236 g/mol. The summed E-state index contributed by atoms with van der Waals surface area (Å²) in [5, 5.41) is 6.72. The minimum atomic E-state index is 0.624. The lowest BCUT2D eigenvalue weighted by Gasteiger charge is -2.09. The minimum absolute atomic E-state index is 0.624. The van der Waals surface area contributed by atoms with E-state index in [4.69, 9.17) is 4.74 Å². The maximum Gasteiger partial charge on any atom is 0.218 e. The van der Waals surface area contributed by atoms with E-state index in [0.29, 0.717) is 12.5 Å². The Balaban J connectivity index is 1.80. The first kappa shape index (κ1) is 12.1. The van der Waals surface area contributed by atoms with Gasteiger partial charge in [0.1, 0.15) is 11.6 Å². The molecule has 0 aromatic carbocycles. The van der Waals surface area contributed by atoms with Crippen molar-refractivity contribution in [1.29, 1.82) is 0 Å². The van der Waals surface area contributed by atoms with E-state index in [1.807, 2.05) is 19.9 Å². The molecule has 2 N–H and O–H groups in total. The maximum absolute atomic E-state index is 5.38. The summed E-state index contributed by atoms with van der Waals surface area (Å²) in [4.78, 5) is 8.52. The molecule has 1 heterocycles. The van der Waals surface area contributed by atoms with Crippen molar-refractivity contribution in [1.82, 2.24) is 15.3 Å². The number of ether oxygens (including phenoxy) is 1. The molecule has 0 atom stereocenters. The predicted molar refractivity (Wildman–Crippen MR) is 67.5 cm³/mol. The van der Waals surface area contributed by atoms with E-state index < -0.39 is 0 Å². The van der Waals surface area contributed by atoms with Gasteiger partial charge < -0.3 is 15.4 Å². The van der Waals surface area contributed by atoms with Crippen LogP contribution in [0.4, 0.5) is 5.82 Å². The molecule has 5 heteroatoms. The fourth-order valence-corrected chi connectivity index (χ4v) is 1.61. The highest BCUT2D eigenvalue weighted by atomic mass is 16.5. The molecule has 1 fully saturated rings. The van der Waals surface area contributed by atoms with E-state index in [9.17, 15) is 0 Å². The summed E-state index contributed by atoms with van der Waals surface area (Å²) in [5.74, 6) is 2.20. The summed E-state index contributed by atoms with van der Waals surface area (Å²) in [6.07, 6.45) is 2.64. The zero-order valence-corrected chi connectivity index (χ0v) is 10.5. The fourth-order valence-electron chi connectivity index (χ4n) is 1.61. The summed E-state index contributed by atoms with van der Waals surface area (Å²) in [7, 11) is 0. The SMILES string of the molecule is CCOc1cc(NCCNC2CC2)nc(C)n1. The molecule has 1 aliphatic rings. The second kappa shape index (κ2) is 5.82. The van der Waals surface area contributed by atoms with Gasteiger partial charge in [-0.1, -0.05) is 0 Å². The quantitative estimate of drug-likeness (QED) is 0.700. The molecule has 0 aliphatic heterocycles. The number of rotatable bonds is 7. The van der Waals surface area contributed by atoms with Crippen molar-refractivity contribution >= 4 is 5.82 Å². The smallest absolute Gasteiger partial charge is 0.218 e. The first-order valence-electron chi connectivity index (χ1n) is 6.23. The number of nitrogens with one attached hydrogen (secondary N) is 2. The fraction of sp³-hybridized carbons (Fsp3) is 0.667. The molecule has 94 valence electrons. The molecule has 0 radical (unpaired) electrons. The molecule has 0 unspecified atom stereocenters. The van der Waals surface area contributed by atoms with E-state index >= 15 is 0 Å². The van der Waals surface area contributed by atoms with Crippen LogP contribution in [-0.4, -0.2) is 35.7 Å². The van der Waals surface area contributed by atoms with Crippen molar-refractivity contribution < 1.29 is 4.74 Å². The van der Waals surface area contributed by atoms with Crippen LogP contribution < -0.4 is 15.4 Å². The Bertz CT molecular complexity index is 366. The Hall–Kier alpha value is -1.36. The van der Waals surface area contributed by atoms with Crippen molar-refractivity contribution in [3.63, 3.8) is 0 Å². The van der Waals surface area contributed by atoms with Crippen LogP contribution >= 0.6 is 0 Å². The normalized spacial score (nSPS) is 14.7. The minimum Gasteiger partial charge on any atom is -0.478 e. The third kappa shape index (κ3) is 4.19. The lowest BCUT2D eigenvalue weighted by atomic mass is 10.5. The van der Waals surface area contributed by atoms with Gasteiger partial charge in [0, 0.05) is 25.2 Å². The molecule has 1 aromatic rings. The molecule has 5 nitrogen and oxygen atoms in total. The molecular weight excluding hydrogens is 216 g/mol. The van der Waals surface area contributed by atoms with E-state index in [0.717, 1.165) is 30.8 Å². The highest BCUT2D eigenvalue weighted by molar-refractivity contribution is 5.38. The van der Waals surface area contributed by atoms with Crippen LogP contribution in [0.1, 0.15) is 25.6 Å². The van der Waals surface area contributed by atoms with Gasteiger partial charge in [-0.05, 0) is 26.7 Å². The van der Waals surface area contributed by atoms with Crippen LogP contribution in [0.5, 0.6) is 5.88 Å². The number of hydrogen-bond donors (Lipinski definition) is 2. The molecule has 1 saturated carbocycles. The van der Waals surface area contributed by atoms with Gasteiger partial charge in [0.25, 0.3) is 0 Å². The van der Waals surface area contributed by atoms with Gasteiger partial charge in [0.2, 0.25) is 5.88 Å². The molecule has 17 heavy (non-hydrogen) atoms. The number of hydrogen-bond acceptors (Lipinski definition) is 5. The van der Waals surface area contributed by atoms with Crippen LogP contribution in [0.25, 0.3) is 0 Å². The lowest BCUT2D eigenvalue weighted by Crippen LogP contribution is -2.24. The summed E-state index contributed by atoms with van der Waals surface area (Å²) in [6.45, 7) is 6.29. The van der Waals surface area contributed by atoms with Gasteiger partial charge >= 0.3 is 0 Å². The molecule has 0 amide bonds. The first-order valence-corrected chi connectivity index (χ1v) is 6.23. The van der Waals surface area contributed by atoms with E-state index in [-0.39, 0.29) is 0 Å². The number of aromatic nitrogens is 2. The Kier molecular flexibility index (Phi) is 4.14. The van der Waals surface area contributed by atoms with Crippen LogP contribution in [0.2, 0.25) is 0 Å². The number of anilines is 1. The molecule has 0 saturated heterocycles. The third-order valence-corrected chi connectivity index (χ3v) is 2.55. The van der Waals surface area contributed by atoms with Gasteiger partial charge in [-0.2, -0.15) is 4.98 Å². The second-order valence-electron chi connectivity index (χ2n) is 4.23. The number of aryl methyl sites for hydroxylation is 1. The van der Waals surface area contributed by atoms with Gasteiger partial charge in [-0.15, -0.1) is 0 Å². The maximum atomic E-state index is 5.38. The molecule has 1 aliphatic carbocycles. The summed E-state index contributed by atoms with van der Waals surface area (Å²) >= 11 is 0. The molecule has 0 spiro atoms. The van der Waals surface area contributed by atoms with Crippen molar-refractivity contribution in [2.45, 2.75) is 32.7 Å². The van der Waals surface area contributed by atoms with Crippen molar-refractivity contribution in [2.24, 2.45) is 0 Å². The zero-order valence-electron chi connectivity index (χ0n) is 10.5. The molecule has 1 aromatic heterocycles. The summed E-state index contributed by atoms with van der Waals surface area (Å²) < 4.78 is 5.38. The van der Waals surface area contributed by atoms with Crippen molar-refractivity contribution in [3.05, 3.63) is 11.9 Å². The van der Waals surface area contributed by atoms with Crippen LogP contribution in [-0.2, 0) is 0 Å². The van der Waals surface area contributed by atoms with Crippen LogP contribution in [0.15, 0.2) is 6.07 Å². The largest absolute Gasteiger partial charge is 0.478 e. The molecular formula is C12H20N4O. The average Bonchev–Trinajstić information content (AvgIpc) is 3.08. The zero-order chi connectivity index (χ0) is 12.1. The second-order valence-corrected chi connectivity index (χ2v) is 4.23. The predicted octanol–water partition coefficient (Wildman–Crippen LogP) is 1.35. The summed E-state index contributed by atoms with van der Waals surface area (Å²) in [5.41, 5.74) is 0. The van der Waals surface area contributed by atoms with Crippen LogP contribution in [0.3, 0.4) is 0 Å². The standard InChI is InChI=1S/C12H20N4O/c1-3-17-12-8-11(15-9(2)16-12)14-7-6-13-10-4-5-10/h8,10,13H,3-7H2,1-2H3,(H,14,15,16). The van der Waals surface area contributed by atoms with Gasteiger partial charge in [-0.3, -0.25) is 0 Å². The lowest BCUT2D eigenvalue weighted by molar-refractivity contribution is 0.325.